The van der Waals surface area contributed by atoms with Crippen LogP contribution in [0.25, 0.3) is 10.6 Å². The molecule has 0 aliphatic heterocycles. The van der Waals surface area contributed by atoms with Crippen LogP contribution in [0.4, 0.5) is 5.13 Å². The van der Waals surface area contributed by atoms with Crippen LogP contribution in [0.1, 0.15) is 30.7 Å². The molecule has 1 aliphatic carbocycles. The Morgan fingerprint density at radius 1 is 1.19 bits per heavy atom. The minimum absolute atomic E-state index is 0.540. The molecule has 1 heterocycles. The third-order valence-corrected chi connectivity index (χ3v) is 3.96. The molecule has 1 saturated carbocycles. The molecular formula is C12H13N3S. The maximum Gasteiger partial charge on any atom is 0.203 e. The molecule has 0 unspecified atom stereocenters. The van der Waals surface area contributed by atoms with Crippen LogP contribution < -0.4 is 5.73 Å². The van der Waals surface area contributed by atoms with E-state index in [0.29, 0.717) is 11.0 Å². The van der Waals surface area contributed by atoms with Crippen molar-refractivity contribution < 1.29 is 0 Å². The molecule has 0 amide bonds. The van der Waals surface area contributed by atoms with Crippen LogP contribution in [-0.2, 0) is 0 Å². The van der Waals surface area contributed by atoms with Gasteiger partial charge < -0.3 is 5.73 Å². The lowest BCUT2D eigenvalue weighted by molar-refractivity contribution is 0.420. The maximum absolute atomic E-state index is 5.63. The Morgan fingerprint density at radius 2 is 2.00 bits per heavy atom. The van der Waals surface area contributed by atoms with Crippen LogP contribution in [0.5, 0.6) is 0 Å². The molecule has 0 bridgehead atoms. The highest BCUT2D eigenvalue weighted by Gasteiger charge is 2.23. The zero-order chi connectivity index (χ0) is 11.0. The number of rotatable bonds is 2. The van der Waals surface area contributed by atoms with E-state index in [1.165, 1.54) is 41.7 Å². The Bertz CT molecular complexity index is 502. The first-order valence-electron chi connectivity index (χ1n) is 5.53. The molecule has 82 valence electrons. The van der Waals surface area contributed by atoms with Crippen molar-refractivity contribution in [2.75, 3.05) is 5.73 Å². The summed E-state index contributed by atoms with van der Waals surface area (Å²) in [4.78, 5) is 0. The van der Waals surface area contributed by atoms with Gasteiger partial charge in [0.05, 0.1) is 0 Å². The predicted molar refractivity (Wildman–Crippen MR) is 66.3 cm³/mol. The van der Waals surface area contributed by atoms with Crippen molar-refractivity contribution in [3.8, 4) is 10.6 Å². The van der Waals surface area contributed by atoms with Gasteiger partial charge in [0.1, 0.15) is 5.01 Å². The number of anilines is 1. The van der Waals surface area contributed by atoms with Gasteiger partial charge in [0, 0.05) is 5.56 Å². The maximum atomic E-state index is 5.63. The van der Waals surface area contributed by atoms with Gasteiger partial charge in [-0.25, -0.2) is 0 Å². The first-order chi connectivity index (χ1) is 7.84. The molecule has 1 fully saturated rings. The predicted octanol–water partition coefficient (Wildman–Crippen LogP) is 3.05. The van der Waals surface area contributed by atoms with Crippen LogP contribution >= 0.6 is 11.3 Å². The largest absolute Gasteiger partial charge is 0.374 e. The highest BCUT2D eigenvalue weighted by Crippen LogP contribution is 2.41. The SMILES string of the molecule is Nc1nnc(-c2ccccc2C2CCC2)s1. The Kier molecular flexibility index (Phi) is 2.36. The summed E-state index contributed by atoms with van der Waals surface area (Å²) in [5, 5.41) is 9.50. The fourth-order valence-electron chi connectivity index (χ4n) is 2.11. The molecule has 0 spiro atoms. The van der Waals surface area contributed by atoms with Gasteiger partial charge in [0.25, 0.3) is 0 Å². The van der Waals surface area contributed by atoms with Crippen molar-refractivity contribution >= 4 is 16.5 Å². The average Bonchev–Trinajstić information content (AvgIpc) is 2.63. The number of nitrogens with zero attached hydrogens (tertiary/aromatic N) is 2. The highest BCUT2D eigenvalue weighted by atomic mass is 32.1. The lowest BCUT2D eigenvalue weighted by Gasteiger charge is -2.27. The number of aromatic nitrogens is 2. The van der Waals surface area contributed by atoms with Gasteiger partial charge in [0.2, 0.25) is 5.13 Å². The van der Waals surface area contributed by atoms with E-state index < -0.39 is 0 Å². The number of hydrogen-bond acceptors (Lipinski definition) is 4. The van der Waals surface area contributed by atoms with Crippen LogP contribution in [0.15, 0.2) is 24.3 Å². The van der Waals surface area contributed by atoms with E-state index in [9.17, 15) is 0 Å². The Balaban J connectivity index is 2.05. The summed E-state index contributed by atoms with van der Waals surface area (Å²) in [6.45, 7) is 0. The fourth-order valence-corrected chi connectivity index (χ4v) is 2.77. The molecule has 1 aromatic carbocycles. The van der Waals surface area contributed by atoms with Gasteiger partial charge in [-0.15, -0.1) is 10.2 Å². The molecule has 2 aromatic rings. The third kappa shape index (κ3) is 1.59. The summed E-state index contributed by atoms with van der Waals surface area (Å²) in [7, 11) is 0. The highest BCUT2D eigenvalue weighted by molar-refractivity contribution is 7.18. The molecule has 1 aromatic heterocycles. The van der Waals surface area contributed by atoms with E-state index in [1.54, 1.807) is 0 Å². The van der Waals surface area contributed by atoms with Gasteiger partial charge in [-0.1, -0.05) is 42.0 Å². The van der Waals surface area contributed by atoms with Gasteiger partial charge in [-0.2, -0.15) is 0 Å². The van der Waals surface area contributed by atoms with Crippen LogP contribution in [0.3, 0.4) is 0 Å². The molecule has 16 heavy (non-hydrogen) atoms. The average molecular weight is 231 g/mol. The molecule has 4 heteroatoms. The molecule has 0 radical (unpaired) electrons. The summed E-state index contributed by atoms with van der Waals surface area (Å²) in [5.41, 5.74) is 8.25. The molecular weight excluding hydrogens is 218 g/mol. The number of nitrogens with two attached hydrogens (primary N) is 1. The summed E-state index contributed by atoms with van der Waals surface area (Å²) in [6.07, 6.45) is 3.94. The van der Waals surface area contributed by atoms with E-state index in [0.717, 1.165) is 5.01 Å². The lowest BCUT2D eigenvalue weighted by Crippen LogP contribution is -2.09. The van der Waals surface area contributed by atoms with Crippen LogP contribution in [0.2, 0.25) is 0 Å². The Labute approximate surface area is 98.3 Å². The normalized spacial score (nSPS) is 16.0. The van der Waals surface area contributed by atoms with Gasteiger partial charge >= 0.3 is 0 Å². The topological polar surface area (TPSA) is 51.8 Å². The van der Waals surface area contributed by atoms with Crippen LogP contribution in [-0.4, -0.2) is 10.2 Å². The smallest absolute Gasteiger partial charge is 0.203 e. The first kappa shape index (κ1) is 9.78. The van der Waals surface area contributed by atoms with Crippen molar-refractivity contribution in [3.05, 3.63) is 29.8 Å². The molecule has 0 saturated heterocycles. The Hall–Kier alpha value is -1.42. The van der Waals surface area contributed by atoms with Crippen molar-refractivity contribution in [2.24, 2.45) is 0 Å². The second-order valence-electron chi connectivity index (χ2n) is 4.16. The number of benzene rings is 1. The second-order valence-corrected chi connectivity index (χ2v) is 5.17. The Morgan fingerprint density at radius 3 is 2.62 bits per heavy atom. The quantitative estimate of drug-likeness (QED) is 0.864. The van der Waals surface area contributed by atoms with Crippen molar-refractivity contribution in [1.82, 2.24) is 10.2 Å². The monoisotopic (exact) mass is 231 g/mol. The van der Waals surface area contributed by atoms with E-state index in [2.05, 4.69) is 34.5 Å². The minimum atomic E-state index is 0.540. The standard InChI is InChI=1S/C12H13N3S/c13-12-15-14-11(16-12)10-7-2-1-6-9(10)8-4-3-5-8/h1-2,6-8H,3-5H2,(H2,13,15). The minimum Gasteiger partial charge on any atom is -0.374 e. The van der Waals surface area contributed by atoms with Gasteiger partial charge in [0.15, 0.2) is 0 Å². The first-order valence-corrected chi connectivity index (χ1v) is 6.34. The van der Waals surface area contributed by atoms with Crippen LogP contribution in [0, 0.1) is 0 Å². The van der Waals surface area contributed by atoms with Gasteiger partial charge in [-0.3, -0.25) is 0 Å². The zero-order valence-corrected chi connectivity index (χ0v) is 9.70. The summed E-state index contributed by atoms with van der Waals surface area (Å²) >= 11 is 1.46. The molecule has 0 atom stereocenters. The summed E-state index contributed by atoms with van der Waals surface area (Å²) in [6, 6.07) is 8.47. The van der Waals surface area contributed by atoms with E-state index in [4.69, 9.17) is 5.73 Å². The van der Waals surface area contributed by atoms with Crippen molar-refractivity contribution in [3.63, 3.8) is 0 Å². The second kappa shape index (κ2) is 3.87. The lowest BCUT2D eigenvalue weighted by atomic mass is 9.78. The van der Waals surface area contributed by atoms with E-state index in [-0.39, 0.29) is 0 Å². The number of nitrogen functional groups attached to an aromatic ring is 1. The fraction of sp³-hybridized carbons (Fsp3) is 0.333. The third-order valence-electron chi connectivity index (χ3n) is 3.18. The summed E-state index contributed by atoms with van der Waals surface area (Å²) < 4.78 is 0. The van der Waals surface area contributed by atoms with E-state index in [1.807, 2.05) is 0 Å². The zero-order valence-electron chi connectivity index (χ0n) is 8.89. The summed E-state index contributed by atoms with van der Waals surface area (Å²) in [5.74, 6) is 0.710. The number of hydrogen-bond donors (Lipinski definition) is 1. The molecule has 3 nitrogen and oxygen atoms in total. The molecule has 3 rings (SSSR count). The van der Waals surface area contributed by atoms with Crippen molar-refractivity contribution in [1.29, 1.82) is 0 Å². The van der Waals surface area contributed by atoms with E-state index >= 15 is 0 Å². The molecule has 2 N–H and O–H groups in total. The van der Waals surface area contributed by atoms with Crippen molar-refractivity contribution in [2.45, 2.75) is 25.2 Å². The van der Waals surface area contributed by atoms with Gasteiger partial charge in [-0.05, 0) is 24.3 Å². The molecule has 1 aliphatic rings.